The lowest BCUT2D eigenvalue weighted by molar-refractivity contribution is -0.118. The first-order valence-electron chi connectivity index (χ1n) is 9.98. The number of aryl methyl sites for hydroxylation is 1. The fraction of sp³-hybridized carbons (Fsp3) is 0.250. The van der Waals surface area contributed by atoms with Crippen LogP contribution in [0.15, 0.2) is 54.9 Å². The van der Waals surface area contributed by atoms with Gasteiger partial charge in [0.15, 0.2) is 5.78 Å². The number of aromatic nitrogens is 2. The fourth-order valence-corrected chi connectivity index (χ4v) is 3.23. The van der Waals surface area contributed by atoms with Crippen molar-refractivity contribution in [3.8, 4) is 17.0 Å². The van der Waals surface area contributed by atoms with Gasteiger partial charge in [-0.3, -0.25) is 14.6 Å². The maximum atomic E-state index is 14.5. The molecule has 160 valence electrons. The highest BCUT2D eigenvalue weighted by molar-refractivity contribution is 5.95. The van der Waals surface area contributed by atoms with Gasteiger partial charge in [0.2, 0.25) is 11.8 Å². The van der Waals surface area contributed by atoms with E-state index in [9.17, 15) is 14.0 Å². The molecule has 0 unspecified atom stereocenters. The molecular weight excluding hydrogens is 397 g/mol. The van der Waals surface area contributed by atoms with Crippen LogP contribution in [0.5, 0.6) is 5.88 Å². The number of ketones is 1. The third-order valence-electron chi connectivity index (χ3n) is 5.03. The number of halogens is 1. The Morgan fingerprint density at radius 1 is 1.10 bits per heavy atom. The standard InChI is InChI=1S/C24H24FN3O3/c1-4-23(30)28(2)21-11-8-17(14-19(21)25)18-7-10-20(27-15-18)22(29)12-9-16-6-5-13-26-24(16)31-3/h5-8,10-11,13-15H,4,9,12H2,1-3H3. The zero-order chi connectivity index (χ0) is 22.4. The third-order valence-corrected chi connectivity index (χ3v) is 5.03. The molecule has 0 saturated heterocycles. The summed E-state index contributed by atoms with van der Waals surface area (Å²) in [4.78, 5) is 34.0. The van der Waals surface area contributed by atoms with Gasteiger partial charge in [0.1, 0.15) is 11.5 Å². The summed E-state index contributed by atoms with van der Waals surface area (Å²) in [5.41, 5.74) is 2.72. The van der Waals surface area contributed by atoms with Crippen molar-refractivity contribution < 1.29 is 18.7 Å². The van der Waals surface area contributed by atoms with Crippen molar-refractivity contribution in [2.24, 2.45) is 0 Å². The van der Waals surface area contributed by atoms with E-state index in [1.807, 2.05) is 6.07 Å². The Labute approximate surface area is 180 Å². The average molecular weight is 421 g/mol. The molecule has 0 aliphatic carbocycles. The highest BCUT2D eigenvalue weighted by Crippen LogP contribution is 2.26. The fourth-order valence-electron chi connectivity index (χ4n) is 3.23. The van der Waals surface area contributed by atoms with Crippen molar-refractivity contribution in [3.05, 3.63) is 71.9 Å². The van der Waals surface area contributed by atoms with E-state index in [-0.39, 0.29) is 23.8 Å². The summed E-state index contributed by atoms with van der Waals surface area (Å²) >= 11 is 0. The van der Waals surface area contributed by atoms with Gasteiger partial charge in [-0.1, -0.05) is 25.1 Å². The molecule has 0 N–H and O–H groups in total. The molecule has 2 heterocycles. The Kier molecular flexibility index (Phi) is 7.07. The second-order valence-electron chi connectivity index (χ2n) is 7.00. The first-order chi connectivity index (χ1) is 14.9. The predicted molar refractivity (Wildman–Crippen MR) is 117 cm³/mol. The van der Waals surface area contributed by atoms with E-state index in [4.69, 9.17) is 4.74 Å². The number of carbonyl (C=O) groups is 2. The number of hydrogen-bond donors (Lipinski definition) is 0. The molecule has 0 saturated carbocycles. The number of Topliss-reactive ketones (excluding diaryl/α,β-unsaturated/α-hetero) is 1. The van der Waals surface area contributed by atoms with Gasteiger partial charge in [-0.05, 0) is 36.2 Å². The molecule has 0 radical (unpaired) electrons. The minimum atomic E-state index is -0.493. The van der Waals surface area contributed by atoms with Crippen LogP contribution in [-0.2, 0) is 11.2 Å². The Bertz CT molecular complexity index is 1080. The van der Waals surface area contributed by atoms with Crippen molar-refractivity contribution >= 4 is 17.4 Å². The van der Waals surface area contributed by atoms with E-state index in [2.05, 4.69) is 9.97 Å². The van der Waals surface area contributed by atoms with E-state index in [0.29, 0.717) is 35.5 Å². The maximum absolute atomic E-state index is 14.5. The zero-order valence-electron chi connectivity index (χ0n) is 17.8. The number of ether oxygens (including phenoxy) is 1. The Morgan fingerprint density at radius 2 is 1.87 bits per heavy atom. The van der Waals surface area contributed by atoms with Crippen LogP contribution in [0, 0.1) is 5.82 Å². The Morgan fingerprint density at radius 3 is 2.52 bits per heavy atom. The summed E-state index contributed by atoms with van der Waals surface area (Å²) in [7, 11) is 3.09. The van der Waals surface area contributed by atoms with E-state index in [0.717, 1.165) is 5.56 Å². The average Bonchev–Trinajstić information content (AvgIpc) is 2.81. The molecule has 2 aromatic heterocycles. The third kappa shape index (κ3) is 5.12. The van der Waals surface area contributed by atoms with Crippen LogP contribution in [-0.4, -0.2) is 35.8 Å². The van der Waals surface area contributed by atoms with Crippen molar-refractivity contribution in [3.63, 3.8) is 0 Å². The topological polar surface area (TPSA) is 72.4 Å². The molecule has 31 heavy (non-hydrogen) atoms. The molecule has 3 aromatic rings. The number of benzene rings is 1. The van der Waals surface area contributed by atoms with Gasteiger partial charge in [0, 0.05) is 43.4 Å². The zero-order valence-corrected chi connectivity index (χ0v) is 17.8. The van der Waals surface area contributed by atoms with Gasteiger partial charge in [-0.2, -0.15) is 0 Å². The van der Waals surface area contributed by atoms with Crippen molar-refractivity contribution in [2.45, 2.75) is 26.2 Å². The summed E-state index contributed by atoms with van der Waals surface area (Å²) in [6.45, 7) is 1.73. The van der Waals surface area contributed by atoms with Gasteiger partial charge in [-0.25, -0.2) is 9.37 Å². The maximum Gasteiger partial charge on any atom is 0.226 e. The lowest BCUT2D eigenvalue weighted by Crippen LogP contribution is -2.25. The molecule has 0 aliphatic rings. The second-order valence-corrected chi connectivity index (χ2v) is 7.00. The van der Waals surface area contributed by atoms with Crippen LogP contribution < -0.4 is 9.64 Å². The molecule has 7 heteroatoms. The van der Waals surface area contributed by atoms with Crippen LogP contribution in [0.3, 0.4) is 0 Å². The summed E-state index contributed by atoms with van der Waals surface area (Å²) in [6, 6.07) is 11.7. The van der Waals surface area contributed by atoms with Gasteiger partial charge < -0.3 is 9.64 Å². The monoisotopic (exact) mass is 421 g/mol. The van der Waals surface area contributed by atoms with E-state index in [1.165, 1.54) is 11.0 Å². The summed E-state index contributed by atoms with van der Waals surface area (Å²) in [5.74, 6) is -0.249. The number of amides is 1. The molecule has 6 nitrogen and oxygen atoms in total. The summed E-state index contributed by atoms with van der Waals surface area (Å²) < 4.78 is 19.7. The first kappa shape index (κ1) is 22.1. The van der Waals surface area contributed by atoms with Gasteiger partial charge in [-0.15, -0.1) is 0 Å². The normalized spacial score (nSPS) is 10.6. The van der Waals surface area contributed by atoms with Crippen LogP contribution in [0.1, 0.15) is 35.8 Å². The number of pyridine rings is 2. The predicted octanol–water partition coefficient (Wildman–Crippen LogP) is 4.48. The summed E-state index contributed by atoms with van der Waals surface area (Å²) in [6.07, 6.45) is 4.25. The molecule has 3 rings (SSSR count). The lowest BCUT2D eigenvalue weighted by Gasteiger charge is -2.17. The van der Waals surface area contributed by atoms with Gasteiger partial charge in [0.25, 0.3) is 0 Å². The van der Waals surface area contributed by atoms with Crippen molar-refractivity contribution in [1.29, 1.82) is 0 Å². The number of carbonyl (C=O) groups excluding carboxylic acids is 2. The van der Waals surface area contributed by atoms with E-state index in [1.54, 1.807) is 63.8 Å². The van der Waals surface area contributed by atoms with E-state index >= 15 is 0 Å². The quantitative estimate of drug-likeness (QED) is 0.502. The molecule has 0 spiro atoms. The smallest absolute Gasteiger partial charge is 0.226 e. The Balaban J connectivity index is 1.70. The van der Waals surface area contributed by atoms with Gasteiger partial charge >= 0.3 is 0 Å². The van der Waals surface area contributed by atoms with Crippen LogP contribution in [0.25, 0.3) is 11.1 Å². The Hall–Kier alpha value is -3.61. The van der Waals surface area contributed by atoms with Crippen molar-refractivity contribution in [2.75, 3.05) is 19.1 Å². The molecular formula is C24H24FN3O3. The number of methoxy groups -OCH3 is 1. The van der Waals surface area contributed by atoms with E-state index < -0.39 is 5.82 Å². The molecule has 0 atom stereocenters. The molecule has 1 amide bonds. The SMILES string of the molecule is CCC(=O)N(C)c1ccc(-c2ccc(C(=O)CCc3cccnc3OC)nc2)cc1F. The highest BCUT2D eigenvalue weighted by atomic mass is 19.1. The number of anilines is 1. The van der Waals surface area contributed by atoms with Crippen LogP contribution >= 0.6 is 0 Å². The van der Waals surface area contributed by atoms with Crippen LogP contribution in [0.4, 0.5) is 10.1 Å². The molecule has 0 fully saturated rings. The highest BCUT2D eigenvalue weighted by Gasteiger charge is 2.15. The second kappa shape index (κ2) is 9.93. The molecule has 0 aliphatic heterocycles. The molecule has 0 bridgehead atoms. The summed E-state index contributed by atoms with van der Waals surface area (Å²) in [5, 5.41) is 0. The number of hydrogen-bond acceptors (Lipinski definition) is 5. The minimum Gasteiger partial charge on any atom is -0.481 e. The largest absolute Gasteiger partial charge is 0.481 e. The number of rotatable bonds is 8. The number of nitrogens with zero attached hydrogens (tertiary/aromatic N) is 3. The van der Waals surface area contributed by atoms with Crippen molar-refractivity contribution in [1.82, 2.24) is 9.97 Å². The molecule has 1 aromatic carbocycles. The lowest BCUT2D eigenvalue weighted by atomic mass is 10.0. The van der Waals surface area contributed by atoms with Gasteiger partial charge in [0.05, 0.1) is 12.8 Å². The first-order valence-corrected chi connectivity index (χ1v) is 9.98. The minimum absolute atomic E-state index is 0.0984. The van der Waals surface area contributed by atoms with Crippen LogP contribution in [0.2, 0.25) is 0 Å².